The highest BCUT2D eigenvalue weighted by atomic mass is 19.4. The molecule has 106 valence electrons. The number of alkyl halides is 6. The normalized spacial score (nSPS) is 12.5. The largest absolute Gasteiger partial charge is 0.418 e. The molecule has 0 saturated carbocycles. The van der Waals surface area contributed by atoms with Crippen molar-refractivity contribution in [3.05, 3.63) is 47.8 Å². The summed E-state index contributed by atoms with van der Waals surface area (Å²) in [4.78, 5) is 6.81. The predicted molar refractivity (Wildman–Crippen MR) is 57.5 cm³/mol. The molecule has 0 amide bonds. The molecule has 0 atom stereocenters. The summed E-state index contributed by atoms with van der Waals surface area (Å²) in [5.74, 6) is 0. The lowest BCUT2D eigenvalue weighted by Gasteiger charge is -2.15. The van der Waals surface area contributed by atoms with Crippen molar-refractivity contribution in [3.63, 3.8) is 0 Å². The van der Waals surface area contributed by atoms with Crippen LogP contribution in [0.15, 0.2) is 36.7 Å². The Morgan fingerprint density at radius 3 is 1.30 bits per heavy atom. The van der Waals surface area contributed by atoms with E-state index >= 15 is 0 Å². The summed E-state index contributed by atoms with van der Waals surface area (Å²) >= 11 is 0. The summed E-state index contributed by atoms with van der Waals surface area (Å²) in [5, 5.41) is 0. The van der Waals surface area contributed by atoms with Crippen LogP contribution in [0.5, 0.6) is 0 Å². The van der Waals surface area contributed by atoms with Gasteiger partial charge in [0.05, 0.1) is 11.1 Å². The monoisotopic (exact) mass is 292 g/mol. The minimum Gasteiger partial charge on any atom is -0.254 e. The van der Waals surface area contributed by atoms with Crippen LogP contribution in [0.25, 0.3) is 11.4 Å². The highest BCUT2D eigenvalue weighted by Gasteiger charge is 2.39. The number of hydrogen-bond acceptors (Lipinski definition) is 2. The topological polar surface area (TPSA) is 25.8 Å². The highest BCUT2D eigenvalue weighted by Crippen LogP contribution is 2.40. The molecule has 0 bridgehead atoms. The van der Waals surface area contributed by atoms with Gasteiger partial charge in [-0.05, 0) is 24.3 Å². The van der Waals surface area contributed by atoms with Gasteiger partial charge >= 0.3 is 12.4 Å². The minimum absolute atomic E-state index is 0.664. The number of hydrogen-bond donors (Lipinski definition) is 0. The highest BCUT2D eigenvalue weighted by molar-refractivity contribution is 5.64. The first-order valence-corrected chi connectivity index (χ1v) is 5.26. The molecule has 2 aromatic rings. The fraction of sp³-hybridized carbons (Fsp3) is 0.167. The van der Waals surface area contributed by atoms with E-state index in [1.54, 1.807) is 0 Å². The van der Waals surface area contributed by atoms with Crippen LogP contribution in [0, 0.1) is 0 Å². The Balaban J connectivity index is 2.71. The van der Waals surface area contributed by atoms with Crippen molar-refractivity contribution >= 4 is 0 Å². The summed E-state index contributed by atoms with van der Waals surface area (Å²) in [7, 11) is 0. The van der Waals surface area contributed by atoms with Crippen LogP contribution >= 0.6 is 0 Å². The van der Waals surface area contributed by atoms with Crippen molar-refractivity contribution in [2.75, 3.05) is 0 Å². The third kappa shape index (κ3) is 2.73. The third-order valence-electron chi connectivity index (χ3n) is 2.45. The maximum atomic E-state index is 12.8. The Labute approximate surface area is 109 Å². The summed E-state index contributed by atoms with van der Waals surface area (Å²) in [6.07, 6.45) is -7.66. The molecule has 0 N–H and O–H groups in total. The van der Waals surface area contributed by atoms with Gasteiger partial charge in [-0.1, -0.05) is 0 Å². The predicted octanol–water partition coefficient (Wildman–Crippen LogP) is 4.18. The van der Waals surface area contributed by atoms with Gasteiger partial charge in [-0.25, -0.2) is 0 Å². The average Bonchev–Trinajstić information content (AvgIpc) is 2.37. The standard InChI is InChI=1S/C12H6F6N2/c13-11(14,15)7-3-1-5-19-9(7)10-8(12(16,17)18)4-2-6-20-10/h1-6H. The van der Waals surface area contributed by atoms with Crippen LogP contribution in [0.3, 0.4) is 0 Å². The van der Waals surface area contributed by atoms with Crippen LogP contribution in [0.4, 0.5) is 26.3 Å². The van der Waals surface area contributed by atoms with Gasteiger partial charge in [0.25, 0.3) is 0 Å². The van der Waals surface area contributed by atoms with Crippen molar-refractivity contribution in [1.82, 2.24) is 9.97 Å². The van der Waals surface area contributed by atoms with Gasteiger partial charge < -0.3 is 0 Å². The number of pyridine rings is 2. The Morgan fingerprint density at radius 2 is 1.00 bits per heavy atom. The van der Waals surface area contributed by atoms with Crippen LogP contribution < -0.4 is 0 Å². The fourth-order valence-corrected chi connectivity index (χ4v) is 1.65. The molecule has 0 aliphatic rings. The van der Waals surface area contributed by atoms with E-state index < -0.39 is 34.9 Å². The molecule has 2 nitrogen and oxygen atoms in total. The Morgan fingerprint density at radius 1 is 0.650 bits per heavy atom. The summed E-state index contributed by atoms with van der Waals surface area (Å²) in [6.45, 7) is 0. The molecule has 0 aromatic carbocycles. The van der Waals surface area contributed by atoms with Gasteiger partial charge in [-0.15, -0.1) is 0 Å². The molecule has 8 heteroatoms. The van der Waals surface area contributed by atoms with E-state index in [4.69, 9.17) is 0 Å². The number of rotatable bonds is 1. The molecule has 0 fully saturated rings. The zero-order valence-corrected chi connectivity index (χ0v) is 9.63. The van der Waals surface area contributed by atoms with Crippen LogP contribution in [0.1, 0.15) is 11.1 Å². The van der Waals surface area contributed by atoms with Crippen LogP contribution in [0.2, 0.25) is 0 Å². The molecule has 0 aliphatic carbocycles. The molecular formula is C12H6F6N2. The van der Waals surface area contributed by atoms with Crippen molar-refractivity contribution in [2.24, 2.45) is 0 Å². The van der Waals surface area contributed by atoms with Gasteiger partial charge in [-0.2, -0.15) is 26.3 Å². The average molecular weight is 292 g/mol. The lowest BCUT2D eigenvalue weighted by atomic mass is 10.1. The summed E-state index contributed by atoms with van der Waals surface area (Å²) in [6, 6.07) is 3.33. The lowest BCUT2D eigenvalue weighted by Crippen LogP contribution is -2.13. The first-order valence-electron chi connectivity index (χ1n) is 5.26. The summed E-state index contributed by atoms with van der Waals surface area (Å²) < 4.78 is 76.9. The molecule has 0 aliphatic heterocycles. The molecule has 2 aromatic heterocycles. The smallest absolute Gasteiger partial charge is 0.254 e. The van der Waals surface area contributed by atoms with Gasteiger partial charge in [0.1, 0.15) is 11.4 Å². The molecule has 0 saturated heterocycles. The van der Waals surface area contributed by atoms with E-state index in [-0.39, 0.29) is 0 Å². The van der Waals surface area contributed by atoms with Gasteiger partial charge in [0, 0.05) is 12.4 Å². The van der Waals surface area contributed by atoms with E-state index in [2.05, 4.69) is 9.97 Å². The zero-order chi connectivity index (χ0) is 15.0. The minimum atomic E-state index is -4.82. The van der Waals surface area contributed by atoms with E-state index in [1.807, 2.05) is 0 Å². The zero-order valence-electron chi connectivity index (χ0n) is 9.63. The molecule has 2 rings (SSSR count). The third-order valence-corrected chi connectivity index (χ3v) is 2.45. The van der Waals surface area contributed by atoms with Gasteiger partial charge in [0.2, 0.25) is 0 Å². The van der Waals surface area contributed by atoms with E-state index in [9.17, 15) is 26.3 Å². The van der Waals surface area contributed by atoms with Crippen molar-refractivity contribution in [1.29, 1.82) is 0 Å². The van der Waals surface area contributed by atoms with Gasteiger partial charge in [0.15, 0.2) is 0 Å². The maximum Gasteiger partial charge on any atom is 0.418 e. The number of aromatic nitrogens is 2. The molecule has 20 heavy (non-hydrogen) atoms. The Hall–Kier alpha value is -2.12. The Kier molecular flexibility index (Phi) is 3.41. The van der Waals surface area contributed by atoms with Crippen molar-refractivity contribution < 1.29 is 26.3 Å². The SMILES string of the molecule is FC(F)(F)c1cccnc1-c1ncccc1C(F)(F)F. The van der Waals surface area contributed by atoms with Crippen LogP contribution in [-0.4, -0.2) is 9.97 Å². The quantitative estimate of drug-likeness (QED) is 0.737. The molecule has 0 unspecified atom stereocenters. The van der Waals surface area contributed by atoms with Gasteiger partial charge in [-0.3, -0.25) is 9.97 Å². The lowest BCUT2D eigenvalue weighted by molar-refractivity contribution is -0.139. The molecule has 0 spiro atoms. The Bertz CT molecular complexity index is 562. The van der Waals surface area contributed by atoms with E-state index in [0.717, 1.165) is 24.5 Å². The fourth-order valence-electron chi connectivity index (χ4n) is 1.65. The van der Waals surface area contributed by atoms with E-state index in [0.29, 0.717) is 12.1 Å². The van der Waals surface area contributed by atoms with Crippen molar-refractivity contribution in [2.45, 2.75) is 12.4 Å². The second kappa shape index (κ2) is 4.77. The molecular weight excluding hydrogens is 286 g/mol. The first-order chi connectivity index (χ1) is 9.21. The summed E-state index contributed by atoms with van der Waals surface area (Å²) in [5.41, 5.74) is -4.20. The maximum absolute atomic E-state index is 12.8. The number of halogens is 6. The second-order valence-corrected chi connectivity index (χ2v) is 3.79. The number of nitrogens with zero attached hydrogens (tertiary/aromatic N) is 2. The van der Waals surface area contributed by atoms with Crippen molar-refractivity contribution in [3.8, 4) is 11.4 Å². The first kappa shape index (κ1) is 14.3. The van der Waals surface area contributed by atoms with Crippen LogP contribution in [-0.2, 0) is 12.4 Å². The second-order valence-electron chi connectivity index (χ2n) is 3.79. The molecule has 0 radical (unpaired) electrons. The molecule has 2 heterocycles. The van der Waals surface area contributed by atoms with E-state index in [1.165, 1.54) is 0 Å².